The molecule has 170 valence electrons. The zero-order valence-corrected chi connectivity index (χ0v) is 16.5. The number of aliphatic carboxylic acids is 1. The normalized spacial score (nSPS) is 19.0. The number of halogens is 4. The molecule has 31 heavy (non-hydrogen) atoms. The number of carbonyl (C=O) groups is 1. The Hall–Kier alpha value is -2.73. The van der Waals surface area contributed by atoms with Gasteiger partial charge in [0.15, 0.2) is 5.82 Å². The van der Waals surface area contributed by atoms with E-state index in [0.29, 0.717) is 12.6 Å². The van der Waals surface area contributed by atoms with Crippen molar-refractivity contribution in [3.8, 4) is 0 Å². The van der Waals surface area contributed by atoms with Gasteiger partial charge in [-0.3, -0.25) is 4.90 Å². The van der Waals surface area contributed by atoms with E-state index in [-0.39, 0.29) is 5.60 Å². The van der Waals surface area contributed by atoms with Crippen LogP contribution in [0.15, 0.2) is 35.2 Å². The van der Waals surface area contributed by atoms with Crippen molar-refractivity contribution in [2.75, 3.05) is 37.7 Å². The monoisotopic (exact) mass is 446 g/mol. The van der Waals surface area contributed by atoms with Crippen LogP contribution in [0.4, 0.5) is 23.5 Å². The first-order valence-corrected chi connectivity index (χ1v) is 9.58. The fourth-order valence-electron chi connectivity index (χ4n) is 3.53. The second kappa shape index (κ2) is 9.60. The van der Waals surface area contributed by atoms with E-state index in [1.807, 2.05) is 12.1 Å². The minimum absolute atomic E-state index is 0.157. The van der Waals surface area contributed by atoms with Crippen LogP contribution in [0.1, 0.15) is 18.6 Å². The lowest BCUT2D eigenvalue weighted by Crippen LogP contribution is -2.57. The van der Waals surface area contributed by atoms with Crippen LogP contribution in [0.25, 0.3) is 0 Å². The molecule has 0 bridgehead atoms. The number of anilines is 1. The van der Waals surface area contributed by atoms with Gasteiger partial charge in [0.2, 0.25) is 5.95 Å². The number of piperidine rings is 1. The summed E-state index contributed by atoms with van der Waals surface area (Å²) in [5.74, 6) is -1.59. The molecule has 0 aliphatic carbocycles. The Bertz CT molecular complexity index is 838. The number of rotatable bonds is 3. The maximum Gasteiger partial charge on any atom is 0.490 e. The van der Waals surface area contributed by atoms with Gasteiger partial charge in [0.1, 0.15) is 5.76 Å². The summed E-state index contributed by atoms with van der Waals surface area (Å²) in [7, 11) is 0. The maximum atomic E-state index is 13.0. The van der Waals surface area contributed by atoms with Gasteiger partial charge in [-0.1, -0.05) is 0 Å². The molecule has 0 saturated carbocycles. The molecule has 2 aromatic rings. The topological polar surface area (TPSA) is 91.9 Å². The number of furan rings is 1. The Morgan fingerprint density at radius 3 is 2.39 bits per heavy atom. The van der Waals surface area contributed by atoms with Gasteiger partial charge < -0.3 is 19.2 Å². The van der Waals surface area contributed by atoms with Crippen LogP contribution in [0.3, 0.4) is 0 Å². The highest BCUT2D eigenvalue weighted by atomic mass is 19.4. The Morgan fingerprint density at radius 1 is 1.19 bits per heavy atom. The van der Waals surface area contributed by atoms with Crippen molar-refractivity contribution in [1.82, 2.24) is 14.9 Å². The lowest BCUT2D eigenvalue weighted by molar-refractivity contribution is -0.192. The molecule has 2 fully saturated rings. The molecule has 1 N–H and O–H groups in total. The predicted molar refractivity (Wildman–Crippen MR) is 99.8 cm³/mol. The number of likely N-dealkylation sites (tertiary alicyclic amines) is 1. The van der Waals surface area contributed by atoms with E-state index in [4.69, 9.17) is 19.1 Å². The molecular formula is C19H22F4N4O4. The molecule has 2 saturated heterocycles. The third-order valence-corrected chi connectivity index (χ3v) is 5.11. The zero-order valence-electron chi connectivity index (χ0n) is 16.5. The van der Waals surface area contributed by atoms with Crippen molar-refractivity contribution in [3.05, 3.63) is 42.4 Å². The van der Waals surface area contributed by atoms with Crippen LogP contribution in [0, 0.1) is 5.82 Å². The molecule has 4 heterocycles. The van der Waals surface area contributed by atoms with E-state index in [0.717, 1.165) is 51.3 Å². The molecule has 2 aliphatic rings. The smallest absolute Gasteiger partial charge is 0.475 e. The fourth-order valence-corrected chi connectivity index (χ4v) is 3.53. The Labute approximate surface area is 175 Å². The first-order valence-electron chi connectivity index (χ1n) is 9.58. The van der Waals surface area contributed by atoms with Crippen molar-refractivity contribution < 1.29 is 36.6 Å². The molecule has 8 nitrogen and oxygen atoms in total. The van der Waals surface area contributed by atoms with Crippen LogP contribution >= 0.6 is 0 Å². The summed E-state index contributed by atoms with van der Waals surface area (Å²) >= 11 is 0. The number of hydrogen-bond acceptors (Lipinski definition) is 7. The average molecular weight is 446 g/mol. The third-order valence-electron chi connectivity index (χ3n) is 5.11. The summed E-state index contributed by atoms with van der Waals surface area (Å²) in [6, 6.07) is 3.93. The first kappa shape index (κ1) is 22.9. The van der Waals surface area contributed by atoms with Crippen molar-refractivity contribution in [3.63, 3.8) is 0 Å². The van der Waals surface area contributed by atoms with Crippen molar-refractivity contribution in [2.24, 2.45) is 0 Å². The van der Waals surface area contributed by atoms with Gasteiger partial charge in [-0.25, -0.2) is 19.2 Å². The second-order valence-electron chi connectivity index (χ2n) is 7.31. The first-order chi connectivity index (χ1) is 14.7. The quantitative estimate of drug-likeness (QED) is 0.720. The van der Waals surface area contributed by atoms with E-state index in [1.54, 1.807) is 6.26 Å². The van der Waals surface area contributed by atoms with Crippen molar-refractivity contribution >= 4 is 11.9 Å². The van der Waals surface area contributed by atoms with E-state index in [1.165, 1.54) is 12.4 Å². The summed E-state index contributed by atoms with van der Waals surface area (Å²) in [6.45, 7) is 4.93. The number of hydrogen-bond donors (Lipinski definition) is 1. The lowest BCUT2D eigenvalue weighted by Gasteiger charge is -2.47. The number of ether oxygens (including phenoxy) is 1. The molecule has 0 aromatic carbocycles. The van der Waals surface area contributed by atoms with E-state index in [9.17, 15) is 17.6 Å². The highest BCUT2D eigenvalue weighted by Crippen LogP contribution is 2.31. The summed E-state index contributed by atoms with van der Waals surface area (Å²) in [4.78, 5) is 21.6. The maximum absolute atomic E-state index is 13.0. The molecule has 0 unspecified atom stereocenters. The fraction of sp³-hybridized carbons (Fsp3) is 0.526. The predicted octanol–water partition coefficient (Wildman–Crippen LogP) is 2.71. The van der Waals surface area contributed by atoms with Crippen LogP contribution in [-0.4, -0.2) is 70.5 Å². The van der Waals surface area contributed by atoms with Gasteiger partial charge in [0, 0.05) is 19.6 Å². The van der Waals surface area contributed by atoms with E-state index < -0.39 is 18.0 Å². The Balaban J connectivity index is 0.000000339. The minimum atomic E-state index is -5.08. The molecule has 4 rings (SSSR count). The number of morpholine rings is 1. The van der Waals surface area contributed by atoms with Gasteiger partial charge in [0.25, 0.3) is 0 Å². The van der Waals surface area contributed by atoms with Crippen molar-refractivity contribution in [1.29, 1.82) is 0 Å². The highest BCUT2D eigenvalue weighted by molar-refractivity contribution is 5.73. The van der Waals surface area contributed by atoms with Crippen LogP contribution in [-0.2, 0) is 16.1 Å². The molecule has 12 heteroatoms. The summed E-state index contributed by atoms with van der Waals surface area (Å²) < 4.78 is 56.3. The standard InChI is InChI=1S/C17H21FN4O2.C2HF3O2/c18-14-10-19-16(20-11-14)22-7-9-24-17(13-22)3-5-21(6-4-17)12-15-2-1-8-23-15;3-2(4,5)1(6)7/h1-2,8,10-11H,3-7,9,12-13H2;(H,6,7). The largest absolute Gasteiger partial charge is 0.490 e. The summed E-state index contributed by atoms with van der Waals surface area (Å²) in [6.07, 6.45) is 0.995. The third kappa shape index (κ3) is 6.37. The molecule has 2 aliphatic heterocycles. The molecule has 0 amide bonds. The van der Waals surface area contributed by atoms with Gasteiger partial charge in [-0.2, -0.15) is 13.2 Å². The van der Waals surface area contributed by atoms with Crippen LogP contribution in [0.5, 0.6) is 0 Å². The zero-order chi connectivity index (χ0) is 22.5. The number of aromatic nitrogens is 2. The molecule has 1 spiro atoms. The lowest BCUT2D eigenvalue weighted by atomic mass is 9.89. The average Bonchev–Trinajstić information content (AvgIpc) is 3.23. The highest BCUT2D eigenvalue weighted by Gasteiger charge is 2.40. The number of nitrogens with zero attached hydrogens (tertiary/aromatic N) is 4. The summed E-state index contributed by atoms with van der Waals surface area (Å²) in [5.41, 5.74) is -0.157. The van der Waals surface area contributed by atoms with Crippen LogP contribution < -0.4 is 4.90 Å². The van der Waals surface area contributed by atoms with E-state index >= 15 is 0 Å². The summed E-state index contributed by atoms with van der Waals surface area (Å²) in [5, 5.41) is 7.12. The Morgan fingerprint density at radius 2 is 1.84 bits per heavy atom. The van der Waals surface area contributed by atoms with Gasteiger partial charge in [-0.15, -0.1) is 0 Å². The van der Waals surface area contributed by atoms with Gasteiger partial charge in [-0.05, 0) is 25.0 Å². The SMILES string of the molecule is Fc1cnc(N2CCOC3(CCN(Cc4ccco4)CC3)C2)nc1.O=C(O)C(F)(F)F. The van der Waals surface area contributed by atoms with Gasteiger partial charge >= 0.3 is 12.1 Å². The van der Waals surface area contributed by atoms with Crippen molar-refractivity contribution in [2.45, 2.75) is 31.2 Å². The molecule has 0 atom stereocenters. The Kier molecular flexibility index (Phi) is 7.11. The number of carboxylic acids is 1. The minimum Gasteiger partial charge on any atom is -0.475 e. The molecular weight excluding hydrogens is 424 g/mol. The second-order valence-corrected chi connectivity index (χ2v) is 7.31. The van der Waals surface area contributed by atoms with Gasteiger partial charge in [0.05, 0.1) is 44.0 Å². The molecule has 0 radical (unpaired) electrons. The molecule has 2 aromatic heterocycles. The number of alkyl halides is 3. The number of carboxylic acid groups (broad SMARTS) is 1. The van der Waals surface area contributed by atoms with Crippen LogP contribution in [0.2, 0.25) is 0 Å². The van der Waals surface area contributed by atoms with E-state index in [2.05, 4.69) is 19.8 Å².